The van der Waals surface area contributed by atoms with E-state index in [1.807, 2.05) is 0 Å². The van der Waals surface area contributed by atoms with Crippen LogP contribution in [0.2, 0.25) is 0 Å². The van der Waals surface area contributed by atoms with Crippen molar-refractivity contribution in [3.63, 3.8) is 0 Å². The van der Waals surface area contributed by atoms with Gasteiger partial charge in [-0.25, -0.2) is 0 Å². The molecule has 0 amide bonds. The highest BCUT2D eigenvalue weighted by atomic mass is 16.5. The zero-order chi connectivity index (χ0) is 10.6. The van der Waals surface area contributed by atoms with Crippen LogP contribution >= 0.6 is 0 Å². The third-order valence-corrected chi connectivity index (χ3v) is 3.08. The van der Waals surface area contributed by atoms with Gasteiger partial charge in [-0.1, -0.05) is 13.8 Å². The summed E-state index contributed by atoms with van der Waals surface area (Å²) in [6.07, 6.45) is 2.57. The van der Waals surface area contributed by atoms with Crippen LogP contribution in [0.1, 0.15) is 26.7 Å². The van der Waals surface area contributed by atoms with Crippen LogP contribution in [0.15, 0.2) is 0 Å². The Bertz CT molecular complexity index is 161. The molecule has 0 aromatic heterocycles. The Balaban J connectivity index is 2.22. The Kier molecular flexibility index (Phi) is 4.35. The molecule has 1 saturated heterocycles. The fraction of sp³-hybridized carbons (Fsp3) is 1.00. The third-order valence-electron chi connectivity index (χ3n) is 3.08. The Hall–Kier alpha value is -0.120. The minimum absolute atomic E-state index is 0.168. The highest BCUT2D eigenvalue weighted by molar-refractivity contribution is 4.80. The van der Waals surface area contributed by atoms with Crippen molar-refractivity contribution in [1.29, 1.82) is 0 Å². The molecular weight excluding hydrogens is 176 g/mol. The highest BCUT2D eigenvalue weighted by Gasteiger charge is 2.25. The van der Waals surface area contributed by atoms with Gasteiger partial charge >= 0.3 is 0 Å². The van der Waals surface area contributed by atoms with Gasteiger partial charge in [0.15, 0.2) is 0 Å². The zero-order valence-electron chi connectivity index (χ0n) is 9.75. The van der Waals surface area contributed by atoms with E-state index in [9.17, 15) is 0 Å². The number of hydrogen-bond donors (Lipinski definition) is 1. The standard InChI is InChI=1S/C11H24N2O/c1-11(2)4-6-13(7-5-11)8-10(12)9-14-3/h10H,4-9,12H2,1-3H3. The maximum absolute atomic E-state index is 5.92. The van der Waals surface area contributed by atoms with Crippen LogP contribution in [0, 0.1) is 5.41 Å². The molecule has 3 nitrogen and oxygen atoms in total. The Morgan fingerprint density at radius 2 is 1.93 bits per heavy atom. The summed E-state index contributed by atoms with van der Waals surface area (Å²) in [5, 5.41) is 0. The van der Waals surface area contributed by atoms with Gasteiger partial charge in [0.1, 0.15) is 0 Å². The molecule has 0 saturated carbocycles. The van der Waals surface area contributed by atoms with Crippen molar-refractivity contribution in [2.45, 2.75) is 32.7 Å². The maximum atomic E-state index is 5.92. The van der Waals surface area contributed by atoms with E-state index < -0.39 is 0 Å². The molecule has 14 heavy (non-hydrogen) atoms. The van der Waals surface area contributed by atoms with Gasteiger partial charge in [0, 0.05) is 19.7 Å². The summed E-state index contributed by atoms with van der Waals surface area (Å²) < 4.78 is 5.03. The SMILES string of the molecule is COCC(N)CN1CCC(C)(C)CC1. The molecule has 84 valence electrons. The fourth-order valence-corrected chi connectivity index (χ4v) is 1.94. The normalized spacial score (nSPS) is 24.9. The van der Waals surface area contributed by atoms with Gasteiger partial charge in [0.2, 0.25) is 0 Å². The average Bonchev–Trinajstić information content (AvgIpc) is 2.09. The van der Waals surface area contributed by atoms with E-state index in [4.69, 9.17) is 10.5 Å². The molecule has 1 fully saturated rings. The Labute approximate surface area is 87.6 Å². The zero-order valence-corrected chi connectivity index (χ0v) is 9.75. The first kappa shape index (κ1) is 12.0. The summed E-state index contributed by atoms with van der Waals surface area (Å²) in [6, 6.07) is 0.168. The molecule has 1 unspecified atom stereocenters. The molecule has 0 radical (unpaired) electrons. The van der Waals surface area contributed by atoms with Crippen molar-refractivity contribution < 1.29 is 4.74 Å². The molecule has 0 bridgehead atoms. The number of ether oxygens (including phenoxy) is 1. The van der Waals surface area contributed by atoms with Crippen molar-refractivity contribution in [3.8, 4) is 0 Å². The lowest BCUT2D eigenvalue weighted by atomic mass is 9.82. The molecule has 1 rings (SSSR count). The van der Waals surface area contributed by atoms with E-state index in [0.717, 1.165) is 6.54 Å². The van der Waals surface area contributed by atoms with Gasteiger partial charge in [-0.05, 0) is 31.3 Å². The average molecular weight is 200 g/mol. The summed E-state index contributed by atoms with van der Waals surface area (Å²) in [5.41, 5.74) is 6.45. The topological polar surface area (TPSA) is 38.5 Å². The summed E-state index contributed by atoms with van der Waals surface area (Å²) in [7, 11) is 1.71. The second-order valence-corrected chi connectivity index (χ2v) is 5.18. The van der Waals surface area contributed by atoms with Crippen LogP contribution in [0.4, 0.5) is 0 Å². The summed E-state index contributed by atoms with van der Waals surface area (Å²) in [5.74, 6) is 0. The van der Waals surface area contributed by atoms with E-state index in [0.29, 0.717) is 12.0 Å². The van der Waals surface area contributed by atoms with Crippen molar-refractivity contribution in [2.75, 3.05) is 33.4 Å². The number of nitrogens with two attached hydrogens (primary N) is 1. The molecule has 1 atom stereocenters. The van der Waals surface area contributed by atoms with E-state index in [1.165, 1.54) is 25.9 Å². The molecule has 3 heteroatoms. The summed E-state index contributed by atoms with van der Waals surface area (Å²) in [6.45, 7) is 8.71. The first-order chi connectivity index (χ1) is 6.53. The summed E-state index contributed by atoms with van der Waals surface area (Å²) in [4.78, 5) is 2.45. The first-order valence-corrected chi connectivity index (χ1v) is 5.50. The molecule has 0 aromatic carbocycles. The number of piperidine rings is 1. The van der Waals surface area contributed by atoms with E-state index in [-0.39, 0.29) is 6.04 Å². The molecule has 0 spiro atoms. The van der Waals surface area contributed by atoms with E-state index >= 15 is 0 Å². The van der Waals surface area contributed by atoms with Crippen LogP contribution in [-0.4, -0.2) is 44.3 Å². The van der Waals surface area contributed by atoms with Gasteiger partial charge in [-0.3, -0.25) is 0 Å². The lowest BCUT2D eigenvalue weighted by Crippen LogP contribution is -2.45. The van der Waals surface area contributed by atoms with Gasteiger partial charge in [0.05, 0.1) is 6.61 Å². The maximum Gasteiger partial charge on any atom is 0.0626 e. The fourth-order valence-electron chi connectivity index (χ4n) is 1.94. The van der Waals surface area contributed by atoms with Gasteiger partial charge < -0.3 is 15.4 Å². The molecule has 2 N–H and O–H groups in total. The second kappa shape index (κ2) is 5.10. The first-order valence-electron chi connectivity index (χ1n) is 5.50. The Morgan fingerprint density at radius 3 is 2.43 bits per heavy atom. The van der Waals surface area contributed by atoms with Crippen molar-refractivity contribution in [1.82, 2.24) is 4.90 Å². The molecule has 1 aliphatic heterocycles. The van der Waals surface area contributed by atoms with Crippen molar-refractivity contribution in [2.24, 2.45) is 11.1 Å². The predicted octanol–water partition coefficient (Wildman–Crippen LogP) is 1.08. The molecule has 0 aromatic rings. The van der Waals surface area contributed by atoms with Crippen LogP contribution in [-0.2, 0) is 4.74 Å². The Morgan fingerprint density at radius 1 is 1.36 bits per heavy atom. The quantitative estimate of drug-likeness (QED) is 0.738. The van der Waals surface area contributed by atoms with Crippen LogP contribution in [0.25, 0.3) is 0 Å². The lowest BCUT2D eigenvalue weighted by molar-refractivity contribution is 0.106. The van der Waals surface area contributed by atoms with Gasteiger partial charge in [-0.2, -0.15) is 0 Å². The largest absolute Gasteiger partial charge is 0.383 e. The highest BCUT2D eigenvalue weighted by Crippen LogP contribution is 2.29. The van der Waals surface area contributed by atoms with Crippen LogP contribution in [0.5, 0.6) is 0 Å². The van der Waals surface area contributed by atoms with E-state index in [1.54, 1.807) is 7.11 Å². The van der Waals surface area contributed by atoms with Crippen molar-refractivity contribution >= 4 is 0 Å². The number of rotatable bonds is 4. The number of methoxy groups -OCH3 is 1. The minimum Gasteiger partial charge on any atom is -0.383 e. The predicted molar refractivity (Wildman–Crippen MR) is 59.3 cm³/mol. The molecule has 1 aliphatic rings. The van der Waals surface area contributed by atoms with Crippen LogP contribution < -0.4 is 5.73 Å². The summed E-state index contributed by atoms with van der Waals surface area (Å²) >= 11 is 0. The second-order valence-electron chi connectivity index (χ2n) is 5.18. The lowest BCUT2D eigenvalue weighted by Gasteiger charge is -2.37. The van der Waals surface area contributed by atoms with Crippen LogP contribution in [0.3, 0.4) is 0 Å². The van der Waals surface area contributed by atoms with Crippen molar-refractivity contribution in [3.05, 3.63) is 0 Å². The minimum atomic E-state index is 0.168. The smallest absolute Gasteiger partial charge is 0.0626 e. The molecule has 0 aliphatic carbocycles. The number of likely N-dealkylation sites (tertiary alicyclic amines) is 1. The van der Waals surface area contributed by atoms with Gasteiger partial charge in [0.25, 0.3) is 0 Å². The number of nitrogens with zero attached hydrogens (tertiary/aromatic N) is 1. The number of hydrogen-bond acceptors (Lipinski definition) is 3. The van der Waals surface area contributed by atoms with Gasteiger partial charge in [-0.15, -0.1) is 0 Å². The molecule has 1 heterocycles. The van der Waals surface area contributed by atoms with E-state index in [2.05, 4.69) is 18.7 Å². The molecular formula is C11H24N2O. The monoisotopic (exact) mass is 200 g/mol. The third kappa shape index (κ3) is 3.95.